The second-order valence-electron chi connectivity index (χ2n) is 6.82. The van der Waals surface area contributed by atoms with Gasteiger partial charge in [0, 0.05) is 0 Å². The quantitative estimate of drug-likeness (QED) is 0.346. The zero-order chi connectivity index (χ0) is 22.5. The van der Waals surface area contributed by atoms with Gasteiger partial charge in [-0.05, 0) is 17.7 Å². The minimum Gasteiger partial charge on any atom is -0.387 e. The van der Waals surface area contributed by atoms with E-state index in [1.165, 1.54) is 17.2 Å². The summed E-state index contributed by atoms with van der Waals surface area (Å²) in [6.07, 6.45) is -5.59. The number of nitrogens with two attached hydrogens (primary N) is 1. The van der Waals surface area contributed by atoms with Crippen molar-refractivity contribution in [3.05, 3.63) is 42.5 Å². The Hall–Kier alpha value is -3.04. The molecule has 31 heavy (non-hydrogen) atoms. The van der Waals surface area contributed by atoms with Crippen LogP contribution in [0.1, 0.15) is 17.9 Å². The van der Waals surface area contributed by atoms with E-state index in [1.54, 1.807) is 0 Å². The number of nitrogens with zero attached hydrogens (tertiary/aromatic N) is 4. The van der Waals surface area contributed by atoms with Crippen LogP contribution in [0.25, 0.3) is 11.2 Å². The maximum Gasteiger partial charge on any atom is 0.332 e. The van der Waals surface area contributed by atoms with E-state index in [0.717, 1.165) is 24.3 Å². The molecule has 4 rings (SSSR count). The first-order chi connectivity index (χ1) is 14.6. The van der Waals surface area contributed by atoms with E-state index in [9.17, 15) is 32.4 Å². The first kappa shape index (κ1) is 21.2. The summed E-state index contributed by atoms with van der Waals surface area (Å²) >= 11 is 0. The first-order valence-electron chi connectivity index (χ1n) is 8.80. The van der Waals surface area contributed by atoms with Crippen molar-refractivity contribution in [2.45, 2.75) is 35.5 Å². The van der Waals surface area contributed by atoms with E-state index >= 15 is 0 Å². The topological polar surface area (TPSA) is 191 Å². The normalized spacial score (nSPS) is 25.0. The molecule has 0 saturated carbocycles. The van der Waals surface area contributed by atoms with Gasteiger partial charge < -0.3 is 25.8 Å². The molecule has 2 aromatic heterocycles. The molecule has 0 bridgehead atoms. The predicted molar refractivity (Wildman–Crippen MR) is 100 cm³/mol. The summed E-state index contributed by atoms with van der Waals surface area (Å²) in [5.74, 6) is -0.915. The number of aliphatic hydroxyl groups excluding tert-OH is 3. The number of aromatic nitrogens is 4. The second kappa shape index (κ2) is 7.58. The van der Waals surface area contributed by atoms with Gasteiger partial charge in [0.1, 0.15) is 30.2 Å². The van der Waals surface area contributed by atoms with Gasteiger partial charge in [-0.2, -0.15) is 8.42 Å². The molecule has 1 unspecified atom stereocenters. The molecule has 0 amide bonds. The van der Waals surface area contributed by atoms with Gasteiger partial charge in [-0.1, -0.05) is 12.1 Å². The molecule has 5 N–H and O–H groups in total. The lowest BCUT2D eigenvalue weighted by atomic mass is 9.98. The molecule has 1 saturated heterocycles. The molecule has 0 spiro atoms. The van der Waals surface area contributed by atoms with Crippen LogP contribution < -0.4 is 5.73 Å². The molecule has 14 heteroatoms. The molecule has 5 atom stereocenters. The number of hydrogen-bond acceptors (Lipinski definition) is 11. The van der Waals surface area contributed by atoms with Crippen LogP contribution >= 0.6 is 0 Å². The van der Waals surface area contributed by atoms with Crippen LogP contribution in [-0.2, 0) is 19.8 Å². The third kappa shape index (κ3) is 3.64. The Bertz CT molecular complexity index is 1250. The molecule has 3 aromatic rings. The number of aliphatic hydroxyl groups is 3. The van der Waals surface area contributed by atoms with Crippen molar-refractivity contribution >= 4 is 33.0 Å². The lowest BCUT2D eigenvalue weighted by Crippen LogP contribution is -2.38. The van der Waals surface area contributed by atoms with Crippen molar-refractivity contribution in [1.29, 1.82) is 0 Å². The number of hydrogen-bond donors (Lipinski definition) is 4. The molecule has 12 nitrogen and oxygen atoms in total. The zero-order valence-corrected chi connectivity index (χ0v) is 16.3. The monoisotopic (exact) mass is 453 g/mol. The van der Waals surface area contributed by atoms with Crippen LogP contribution in [0.4, 0.5) is 9.70 Å². The average Bonchev–Trinajstić information content (AvgIpc) is 3.29. The lowest BCUT2D eigenvalue weighted by Gasteiger charge is -2.18. The number of nitrogen functional groups attached to an aromatic ring is 1. The Morgan fingerprint density at radius 3 is 2.48 bits per heavy atom. The van der Waals surface area contributed by atoms with Crippen molar-refractivity contribution in [3.8, 4) is 0 Å². The van der Waals surface area contributed by atoms with Crippen LogP contribution in [0.5, 0.6) is 0 Å². The Labute approximate surface area is 174 Å². The fraction of sp³-hybridized carbons (Fsp3) is 0.294. The van der Waals surface area contributed by atoms with Gasteiger partial charge in [0.15, 0.2) is 29.6 Å². The molecule has 164 valence electrons. The molecule has 1 fully saturated rings. The maximum atomic E-state index is 13.0. The van der Waals surface area contributed by atoms with Crippen molar-refractivity contribution < 1.29 is 37.2 Å². The number of benzene rings is 1. The van der Waals surface area contributed by atoms with Crippen molar-refractivity contribution in [3.63, 3.8) is 0 Å². The molecular formula is C17H16FN5O7S. The second-order valence-corrected chi connectivity index (χ2v) is 8.17. The Morgan fingerprint density at radius 1 is 1.16 bits per heavy atom. The van der Waals surface area contributed by atoms with Crippen LogP contribution in [0, 0.1) is 0 Å². The van der Waals surface area contributed by atoms with E-state index in [2.05, 4.69) is 15.0 Å². The van der Waals surface area contributed by atoms with Gasteiger partial charge in [0.05, 0.1) is 11.2 Å². The Balaban J connectivity index is 1.58. The summed E-state index contributed by atoms with van der Waals surface area (Å²) in [6, 6.07) is 3.86. The molecule has 3 heterocycles. The van der Waals surface area contributed by atoms with E-state index < -0.39 is 51.5 Å². The van der Waals surface area contributed by atoms with Gasteiger partial charge in [-0.25, -0.2) is 15.0 Å². The van der Waals surface area contributed by atoms with Crippen molar-refractivity contribution in [1.82, 2.24) is 19.5 Å². The van der Waals surface area contributed by atoms with Crippen LogP contribution in [-0.4, -0.2) is 67.4 Å². The van der Waals surface area contributed by atoms with E-state index in [-0.39, 0.29) is 22.5 Å². The van der Waals surface area contributed by atoms with E-state index in [1.807, 2.05) is 0 Å². The highest BCUT2D eigenvalue weighted by molar-refractivity contribution is 7.86. The molecule has 0 radical (unpaired) electrons. The Morgan fingerprint density at radius 2 is 1.84 bits per heavy atom. The molecule has 1 aliphatic rings. The Kier molecular flexibility index (Phi) is 5.18. The summed E-state index contributed by atoms with van der Waals surface area (Å²) in [5, 5.41) is 31.1. The van der Waals surface area contributed by atoms with Crippen LogP contribution in [0.15, 0.2) is 41.8 Å². The SMILES string of the molecule is Nc1ncnc2c1ncn2[C@@H]1O[C@H](C(=O)C(O)c2ccc(S(=O)(=O)F)cc2)[C@@H](O)[C@H]1O. The summed E-state index contributed by atoms with van der Waals surface area (Å²) in [4.78, 5) is 23.9. The number of ether oxygens (including phenoxy) is 1. The number of halogens is 1. The third-order valence-corrected chi connectivity index (χ3v) is 5.76. The maximum absolute atomic E-state index is 13.0. The minimum atomic E-state index is -4.94. The van der Waals surface area contributed by atoms with Gasteiger partial charge in [0.2, 0.25) is 0 Å². The third-order valence-electron chi connectivity index (χ3n) is 4.93. The van der Waals surface area contributed by atoms with E-state index in [4.69, 9.17) is 10.5 Å². The highest BCUT2D eigenvalue weighted by Crippen LogP contribution is 2.34. The molecular weight excluding hydrogens is 437 g/mol. The predicted octanol–water partition coefficient (Wildman–Crippen LogP) is -1.01. The number of Topliss-reactive ketones (excluding diaryl/α,β-unsaturated/α-hetero) is 1. The van der Waals surface area contributed by atoms with Gasteiger partial charge in [-0.3, -0.25) is 9.36 Å². The number of carbonyl (C=O) groups is 1. The summed E-state index contributed by atoms with van der Waals surface area (Å²) in [5.41, 5.74) is 6.09. The fourth-order valence-electron chi connectivity index (χ4n) is 3.31. The van der Waals surface area contributed by atoms with E-state index in [0.29, 0.717) is 0 Å². The first-order valence-corrected chi connectivity index (χ1v) is 10.2. The van der Waals surface area contributed by atoms with Gasteiger partial charge in [0.25, 0.3) is 0 Å². The average molecular weight is 453 g/mol. The largest absolute Gasteiger partial charge is 0.387 e. The number of anilines is 1. The molecule has 0 aliphatic carbocycles. The van der Waals surface area contributed by atoms with Crippen LogP contribution in [0.2, 0.25) is 0 Å². The molecule has 1 aliphatic heterocycles. The highest BCUT2D eigenvalue weighted by Gasteiger charge is 2.49. The van der Waals surface area contributed by atoms with Gasteiger partial charge >= 0.3 is 10.2 Å². The highest BCUT2D eigenvalue weighted by atomic mass is 32.3. The number of ketones is 1. The minimum absolute atomic E-state index is 0.0558. The fourth-order valence-corrected chi connectivity index (χ4v) is 3.77. The molecule has 1 aromatic carbocycles. The number of imidazole rings is 1. The smallest absolute Gasteiger partial charge is 0.332 e. The number of fused-ring (bicyclic) bond motifs is 1. The summed E-state index contributed by atoms with van der Waals surface area (Å²) in [6.45, 7) is 0. The zero-order valence-electron chi connectivity index (χ0n) is 15.5. The van der Waals surface area contributed by atoms with Crippen molar-refractivity contribution in [2.24, 2.45) is 0 Å². The van der Waals surface area contributed by atoms with Gasteiger partial charge in [-0.15, -0.1) is 3.89 Å². The van der Waals surface area contributed by atoms with Crippen LogP contribution in [0.3, 0.4) is 0 Å². The number of carbonyl (C=O) groups excluding carboxylic acids is 1. The number of rotatable bonds is 5. The van der Waals surface area contributed by atoms with Crippen molar-refractivity contribution in [2.75, 3.05) is 5.73 Å². The lowest BCUT2D eigenvalue weighted by molar-refractivity contribution is -0.144. The summed E-state index contributed by atoms with van der Waals surface area (Å²) in [7, 11) is -4.94. The summed E-state index contributed by atoms with van der Waals surface area (Å²) < 4.78 is 41.6. The standard InChI is InChI=1S/C17H16FN5O7S/c18-31(28,29)8-3-1-7(2-4-8)10(24)11(25)14-12(26)13(27)17(30-14)23-6-22-9-15(19)20-5-21-16(9)23/h1-6,10,12-14,17,24,26-27H,(H2,19,20,21)/t10?,12-,13+,14+,17+/m0/s1.